The molecular weight excluding hydrogens is 307 g/mol. The molecular formula is C20H22ClP. The molecule has 0 nitrogen and oxygen atoms in total. The van der Waals surface area contributed by atoms with Crippen molar-refractivity contribution in [1.29, 1.82) is 0 Å². The summed E-state index contributed by atoms with van der Waals surface area (Å²) in [7, 11) is 2.63. The highest BCUT2D eigenvalue weighted by atomic mass is 35.5. The molecule has 0 aliphatic rings. The molecule has 0 bridgehead atoms. The molecule has 0 saturated carbocycles. The van der Waals surface area contributed by atoms with E-state index in [4.69, 9.17) is 0 Å². The van der Waals surface area contributed by atoms with Gasteiger partial charge in [0.05, 0.1) is 0 Å². The fourth-order valence-electron chi connectivity index (χ4n) is 2.08. The summed E-state index contributed by atoms with van der Waals surface area (Å²) in [5, 5.41) is 1.24. The second-order valence-electron chi connectivity index (χ2n) is 5.00. The van der Waals surface area contributed by atoms with E-state index >= 15 is 0 Å². The molecule has 3 aromatic carbocycles. The topological polar surface area (TPSA) is 0 Å². The van der Waals surface area contributed by atoms with Crippen LogP contribution in [0.2, 0.25) is 0 Å². The molecule has 0 aliphatic heterocycles. The SMILES string of the molecule is Cc1ccccc1Cc1ccccc1.Cl.Pc1ccccc1. The van der Waals surface area contributed by atoms with E-state index in [9.17, 15) is 0 Å². The van der Waals surface area contributed by atoms with Crippen molar-refractivity contribution in [3.05, 3.63) is 102 Å². The van der Waals surface area contributed by atoms with Crippen LogP contribution in [0.3, 0.4) is 0 Å². The highest BCUT2D eigenvalue weighted by Crippen LogP contribution is 2.12. The zero-order valence-electron chi connectivity index (χ0n) is 12.8. The van der Waals surface area contributed by atoms with Gasteiger partial charge in [0, 0.05) is 0 Å². The molecule has 0 radical (unpaired) electrons. The van der Waals surface area contributed by atoms with E-state index in [0.717, 1.165) is 6.42 Å². The lowest BCUT2D eigenvalue weighted by molar-refractivity contribution is 1.16. The zero-order valence-corrected chi connectivity index (χ0v) is 14.7. The lowest BCUT2D eigenvalue weighted by Crippen LogP contribution is -1.90. The van der Waals surface area contributed by atoms with Crippen molar-refractivity contribution in [1.82, 2.24) is 0 Å². The summed E-state index contributed by atoms with van der Waals surface area (Å²) in [4.78, 5) is 0. The minimum absolute atomic E-state index is 0. The molecule has 0 fully saturated rings. The molecule has 22 heavy (non-hydrogen) atoms. The molecule has 0 saturated heterocycles. The van der Waals surface area contributed by atoms with Gasteiger partial charge in [-0.2, -0.15) is 0 Å². The van der Waals surface area contributed by atoms with Crippen molar-refractivity contribution in [2.45, 2.75) is 13.3 Å². The summed E-state index contributed by atoms with van der Waals surface area (Å²) in [6.07, 6.45) is 1.04. The first-order valence-electron chi connectivity index (χ1n) is 7.14. The lowest BCUT2D eigenvalue weighted by Gasteiger charge is -2.04. The quantitative estimate of drug-likeness (QED) is 0.568. The van der Waals surface area contributed by atoms with Gasteiger partial charge in [0.15, 0.2) is 0 Å². The number of halogens is 1. The van der Waals surface area contributed by atoms with Crippen LogP contribution in [0, 0.1) is 6.92 Å². The summed E-state index contributed by atoms with van der Waals surface area (Å²) < 4.78 is 0. The van der Waals surface area contributed by atoms with E-state index in [2.05, 4.69) is 70.8 Å². The van der Waals surface area contributed by atoms with E-state index in [1.165, 1.54) is 22.0 Å². The number of benzene rings is 3. The molecule has 114 valence electrons. The van der Waals surface area contributed by atoms with Crippen molar-refractivity contribution in [2.24, 2.45) is 0 Å². The Labute approximate surface area is 142 Å². The Balaban J connectivity index is 0.000000258. The van der Waals surface area contributed by atoms with Crippen molar-refractivity contribution < 1.29 is 0 Å². The van der Waals surface area contributed by atoms with Crippen LogP contribution in [0.5, 0.6) is 0 Å². The van der Waals surface area contributed by atoms with Crippen LogP contribution in [0.25, 0.3) is 0 Å². The normalized spacial score (nSPS) is 9.18. The molecule has 2 heteroatoms. The van der Waals surface area contributed by atoms with Crippen LogP contribution in [0.4, 0.5) is 0 Å². The molecule has 0 aromatic heterocycles. The number of rotatable bonds is 2. The molecule has 0 aliphatic carbocycles. The predicted octanol–water partition coefficient (Wildman–Crippen LogP) is 5.19. The van der Waals surface area contributed by atoms with Crippen molar-refractivity contribution >= 4 is 27.0 Å². The van der Waals surface area contributed by atoms with Crippen LogP contribution in [-0.4, -0.2) is 0 Å². The summed E-state index contributed by atoms with van der Waals surface area (Å²) in [6, 6.07) is 29.3. The van der Waals surface area contributed by atoms with E-state index in [1.807, 2.05) is 30.3 Å². The van der Waals surface area contributed by atoms with Crippen LogP contribution in [0.1, 0.15) is 16.7 Å². The van der Waals surface area contributed by atoms with Crippen LogP contribution >= 0.6 is 21.6 Å². The highest BCUT2D eigenvalue weighted by molar-refractivity contribution is 7.27. The Hall–Kier alpha value is -1.62. The van der Waals surface area contributed by atoms with Crippen molar-refractivity contribution in [3.8, 4) is 0 Å². The van der Waals surface area contributed by atoms with Gasteiger partial charge in [-0.05, 0) is 35.3 Å². The summed E-state index contributed by atoms with van der Waals surface area (Å²) in [6.45, 7) is 2.16. The van der Waals surface area contributed by atoms with E-state index in [-0.39, 0.29) is 12.4 Å². The third-order valence-electron chi connectivity index (χ3n) is 3.30. The van der Waals surface area contributed by atoms with Gasteiger partial charge in [0.1, 0.15) is 0 Å². The van der Waals surface area contributed by atoms with E-state index < -0.39 is 0 Å². The van der Waals surface area contributed by atoms with Crippen molar-refractivity contribution in [2.75, 3.05) is 0 Å². The smallest absolute Gasteiger partial charge is 0.00232 e. The van der Waals surface area contributed by atoms with Crippen LogP contribution in [-0.2, 0) is 6.42 Å². The molecule has 0 N–H and O–H groups in total. The van der Waals surface area contributed by atoms with Gasteiger partial charge in [-0.3, -0.25) is 0 Å². The Morgan fingerprint density at radius 1 is 0.682 bits per heavy atom. The van der Waals surface area contributed by atoms with E-state index in [0.29, 0.717) is 0 Å². The second-order valence-corrected chi connectivity index (χ2v) is 5.67. The van der Waals surface area contributed by atoms with Gasteiger partial charge in [0.25, 0.3) is 0 Å². The average molecular weight is 329 g/mol. The molecule has 3 aromatic rings. The minimum atomic E-state index is 0. The van der Waals surface area contributed by atoms with E-state index in [1.54, 1.807) is 0 Å². The number of hydrogen-bond donors (Lipinski definition) is 0. The molecule has 3 rings (SSSR count). The van der Waals surface area contributed by atoms with Crippen LogP contribution < -0.4 is 5.30 Å². The zero-order chi connectivity index (χ0) is 14.9. The Morgan fingerprint density at radius 3 is 1.68 bits per heavy atom. The monoisotopic (exact) mass is 328 g/mol. The third-order valence-corrected chi connectivity index (χ3v) is 3.68. The number of aryl methyl sites for hydroxylation is 1. The molecule has 1 atom stereocenters. The molecule has 1 unspecified atom stereocenters. The standard InChI is InChI=1S/C14H14.C6H7P.ClH/c1-12-7-5-6-10-14(12)11-13-8-3-2-4-9-13;7-6-4-2-1-3-5-6;/h2-10H,11H2,1H3;1-5H,7H2;1H. The fourth-order valence-corrected chi connectivity index (χ4v) is 2.30. The third kappa shape index (κ3) is 6.43. The van der Waals surface area contributed by atoms with Gasteiger partial charge in [-0.1, -0.05) is 84.9 Å². The van der Waals surface area contributed by atoms with Gasteiger partial charge in [0.2, 0.25) is 0 Å². The maximum absolute atomic E-state index is 2.63. The first kappa shape index (κ1) is 18.4. The van der Waals surface area contributed by atoms with Crippen molar-refractivity contribution in [3.63, 3.8) is 0 Å². The maximum Gasteiger partial charge on any atom is -0.00232 e. The molecule has 0 heterocycles. The average Bonchev–Trinajstić information content (AvgIpc) is 2.52. The summed E-state index contributed by atoms with van der Waals surface area (Å²) >= 11 is 0. The largest absolute Gasteiger partial charge is 0.147 e. The maximum atomic E-state index is 2.63. The molecule has 0 amide bonds. The molecule has 0 spiro atoms. The first-order chi connectivity index (χ1) is 10.3. The summed E-state index contributed by atoms with van der Waals surface area (Å²) in [5.74, 6) is 0. The number of hydrogen-bond acceptors (Lipinski definition) is 0. The van der Waals surface area contributed by atoms with Gasteiger partial charge in [-0.25, -0.2) is 0 Å². The first-order valence-corrected chi connectivity index (χ1v) is 7.72. The Kier molecular flexibility index (Phi) is 8.51. The Morgan fingerprint density at radius 2 is 1.18 bits per heavy atom. The predicted molar refractivity (Wildman–Crippen MR) is 103 cm³/mol. The minimum Gasteiger partial charge on any atom is -0.147 e. The van der Waals surface area contributed by atoms with Gasteiger partial charge >= 0.3 is 0 Å². The van der Waals surface area contributed by atoms with Gasteiger partial charge < -0.3 is 0 Å². The highest BCUT2D eigenvalue weighted by Gasteiger charge is 1.97. The second kappa shape index (κ2) is 10.2. The fraction of sp³-hybridized carbons (Fsp3) is 0.100. The van der Waals surface area contributed by atoms with Crippen LogP contribution in [0.15, 0.2) is 84.9 Å². The Bertz CT molecular complexity index is 651. The lowest BCUT2D eigenvalue weighted by atomic mass is 10.0. The van der Waals surface area contributed by atoms with Gasteiger partial charge in [-0.15, -0.1) is 21.6 Å². The summed E-state index contributed by atoms with van der Waals surface area (Å²) in [5.41, 5.74) is 4.16.